The summed E-state index contributed by atoms with van der Waals surface area (Å²) in [5.74, 6) is 0.288. The Morgan fingerprint density at radius 2 is 1.62 bits per heavy atom. The van der Waals surface area contributed by atoms with E-state index in [1.54, 1.807) is 0 Å². The Balaban J connectivity index is 2.03. The first kappa shape index (κ1) is 16.3. The van der Waals surface area contributed by atoms with Gasteiger partial charge in [-0.3, -0.25) is 0 Å². The van der Waals surface area contributed by atoms with Crippen molar-refractivity contribution in [3.05, 3.63) is 48.0 Å². The Labute approximate surface area is 129 Å². The van der Waals surface area contributed by atoms with Crippen molar-refractivity contribution in [3.63, 3.8) is 0 Å². The van der Waals surface area contributed by atoms with Gasteiger partial charge in [0.05, 0.1) is 11.2 Å². The predicted octanol–water partition coefficient (Wildman–Crippen LogP) is 4.66. The van der Waals surface area contributed by atoms with E-state index < -0.39 is 0 Å². The summed E-state index contributed by atoms with van der Waals surface area (Å²) in [5.41, 5.74) is 0.845. The zero-order valence-corrected chi connectivity index (χ0v) is 13.9. The Bertz CT molecular complexity index is 463. The van der Waals surface area contributed by atoms with Crippen molar-refractivity contribution in [1.29, 1.82) is 0 Å². The van der Waals surface area contributed by atoms with E-state index in [0.717, 1.165) is 12.8 Å². The van der Waals surface area contributed by atoms with Crippen LogP contribution in [0.2, 0.25) is 5.82 Å². The SMILES string of the molecule is C/C=C/[C@@H](CCc1ccccc1)B1OC(C)(C)C(C)(C)O1. The van der Waals surface area contributed by atoms with Gasteiger partial charge in [-0.1, -0.05) is 42.5 Å². The first-order valence-electron chi connectivity index (χ1n) is 7.88. The quantitative estimate of drug-likeness (QED) is 0.579. The largest absolute Gasteiger partial charge is 0.465 e. The molecule has 1 heterocycles. The molecule has 1 aliphatic rings. The van der Waals surface area contributed by atoms with Crippen LogP contribution in [0.5, 0.6) is 0 Å². The molecular weight excluding hydrogens is 259 g/mol. The minimum atomic E-state index is -0.260. The van der Waals surface area contributed by atoms with Crippen molar-refractivity contribution in [3.8, 4) is 0 Å². The van der Waals surface area contributed by atoms with E-state index in [1.807, 2.05) is 0 Å². The van der Waals surface area contributed by atoms with Crippen molar-refractivity contribution < 1.29 is 9.31 Å². The number of aryl methyl sites for hydroxylation is 1. The predicted molar refractivity (Wildman–Crippen MR) is 89.4 cm³/mol. The van der Waals surface area contributed by atoms with Crippen molar-refractivity contribution in [2.45, 2.75) is 64.5 Å². The normalized spacial score (nSPS) is 21.9. The summed E-state index contributed by atoms with van der Waals surface area (Å²) in [6.07, 6.45) is 6.39. The summed E-state index contributed by atoms with van der Waals surface area (Å²) in [7, 11) is -0.157. The second-order valence-corrected chi connectivity index (χ2v) is 6.84. The molecule has 0 spiro atoms. The number of hydrogen-bond acceptors (Lipinski definition) is 2. The van der Waals surface area contributed by atoms with Crippen LogP contribution in [0.4, 0.5) is 0 Å². The van der Waals surface area contributed by atoms with Gasteiger partial charge in [-0.15, -0.1) is 0 Å². The molecule has 2 rings (SSSR count). The lowest BCUT2D eigenvalue weighted by Crippen LogP contribution is -2.41. The molecule has 1 aromatic rings. The zero-order valence-electron chi connectivity index (χ0n) is 13.9. The van der Waals surface area contributed by atoms with Crippen LogP contribution in [0.15, 0.2) is 42.5 Å². The molecule has 1 aromatic carbocycles. The van der Waals surface area contributed by atoms with Gasteiger partial charge in [0.2, 0.25) is 0 Å². The first-order valence-corrected chi connectivity index (χ1v) is 7.88. The number of benzene rings is 1. The lowest BCUT2D eigenvalue weighted by atomic mass is 9.69. The van der Waals surface area contributed by atoms with Gasteiger partial charge in [0.1, 0.15) is 0 Å². The molecule has 0 aromatic heterocycles. The monoisotopic (exact) mass is 286 g/mol. The van der Waals surface area contributed by atoms with Crippen LogP contribution in [0.3, 0.4) is 0 Å². The van der Waals surface area contributed by atoms with Crippen LogP contribution in [-0.4, -0.2) is 18.3 Å². The summed E-state index contributed by atoms with van der Waals surface area (Å²) in [6.45, 7) is 10.5. The number of hydrogen-bond donors (Lipinski definition) is 0. The molecule has 2 nitrogen and oxygen atoms in total. The van der Waals surface area contributed by atoms with Crippen molar-refractivity contribution in [2.75, 3.05) is 0 Å². The maximum Gasteiger partial charge on any atom is 0.465 e. The van der Waals surface area contributed by atoms with E-state index in [4.69, 9.17) is 9.31 Å². The summed E-state index contributed by atoms with van der Waals surface area (Å²) >= 11 is 0. The highest BCUT2D eigenvalue weighted by Crippen LogP contribution is 2.41. The lowest BCUT2D eigenvalue weighted by molar-refractivity contribution is 0.00578. The van der Waals surface area contributed by atoms with Crippen LogP contribution in [0.1, 0.15) is 46.6 Å². The third-order valence-electron chi connectivity index (χ3n) is 4.67. The Kier molecular flexibility index (Phi) is 4.95. The van der Waals surface area contributed by atoms with Crippen LogP contribution >= 0.6 is 0 Å². The van der Waals surface area contributed by atoms with Crippen LogP contribution < -0.4 is 0 Å². The molecule has 1 atom stereocenters. The van der Waals surface area contributed by atoms with E-state index in [2.05, 4.69) is 77.1 Å². The third-order valence-corrected chi connectivity index (χ3v) is 4.67. The van der Waals surface area contributed by atoms with Gasteiger partial charge in [-0.25, -0.2) is 0 Å². The van der Waals surface area contributed by atoms with E-state index in [1.165, 1.54) is 5.56 Å². The van der Waals surface area contributed by atoms with Gasteiger partial charge in [-0.05, 0) is 53.0 Å². The van der Waals surface area contributed by atoms with Gasteiger partial charge in [0.15, 0.2) is 0 Å². The van der Waals surface area contributed by atoms with E-state index >= 15 is 0 Å². The summed E-state index contributed by atoms with van der Waals surface area (Å²) in [5, 5.41) is 0. The van der Waals surface area contributed by atoms with Crippen molar-refractivity contribution >= 4 is 7.12 Å². The fraction of sp³-hybridized carbons (Fsp3) is 0.556. The summed E-state index contributed by atoms with van der Waals surface area (Å²) in [6, 6.07) is 10.6. The Hall–Kier alpha value is -1.06. The van der Waals surface area contributed by atoms with E-state index in [0.29, 0.717) is 0 Å². The molecule has 0 amide bonds. The third kappa shape index (κ3) is 3.78. The van der Waals surface area contributed by atoms with Crippen molar-refractivity contribution in [1.82, 2.24) is 0 Å². The maximum atomic E-state index is 6.19. The zero-order chi connectivity index (χ0) is 15.5. The summed E-state index contributed by atoms with van der Waals surface area (Å²) < 4.78 is 12.4. The molecule has 0 radical (unpaired) electrons. The molecule has 0 aliphatic carbocycles. The average molecular weight is 286 g/mol. The summed E-state index contributed by atoms with van der Waals surface area (Å²) in [4.78, 5) is 0. The average Bonchev–Trinajstić information content (AvgIpc) is 2.64. The van der Waals surface area contributed by atoms with Crippen LogP contribution in [0.25, 0.3) is 0 Å². The standard InChI is InChI=1S/C18H27BO2/c1-6-10-16(14-13-15-11-8-7-9-12-15)19-20-17(2,3)18(4,5)21-19/h6-12,16H,13-14H2,1-5H3/b10-6+/t16-/m0/s1. The maximum absolute atomic E-state index is 6.19. The molecule has 0 bridgehead atoms. The Morgan fingerprint density at radius 3 is 2.14 bits per heavy atom. The van der Waals surface area contributed by atoms with Gasteiger partial charge in [-0.2, -0.15) is 0 Å². The van der Waals surface area contributed by atoms with Gasteiger partial charge in [0, 0.05) is 5.82 Å². The highest BCUT2D eigenvalue weighted by atomic mass is 16.7. The van der Waals surface area contributed by atoms with Crippen molar-refractivity contribution in [2.24, 2.45) is 0 Å². The first-order chi connectivity index (χ1) is 9.86. The molecule has 3 heteroatoms. The molecule has 114 valence electrons. The topological polar surface area (TPSA) is 18.5 Å². The molecule has 1 fully saturated rings. The van der Waals surface area contributed by atoms with Crippen LogP contribution in [0, 0.1) is 0 Å². The second kappa shape index (κ2) is 6.37. The smallest absolute Gasteiger partial charge is 0.403 e. The molecule has 0 N–H and O–H groups in total. The Morgan fingerprint density at radius 1 is 1.05 bits per heavy atom. The van der Waals surface area contributed by atoms with Gasteiger partial charge >= 0.3 is 7.12 Å². The molecule has 0 saturated carbocycles. The van der Waals surface area contributed by atoms with Gasteiger partial charge in [0.25, 0.3) is 0 Å². The fourth-order valence-electron chi connectivity index (χ4n) is 2.61. The van der Waals surface area contributed by atoms with Crippen LogP contribution in [-0.2, 0) is 15.7 Å². The molecule has 21 heavy (non-hydrogen) atoms. The lowest BCUT2D eigenvalue weighted by Gasteiger charge is -2.32. The van der Waals surface area contributed by atoms with Gasteiger partial charge < -0.3 is 9.31 Å². The second-order valence-electron chi connectivity index (χ2n) is 6.84. The fourth-order valence-corrected chi connectivity index (χ4v) is 2.61. The molecule has 0 unspecified atom stereocenters. The van der Waals surface area contributed by atoms with E-state index in [-0.39, 0.29) is 24.1 Å². The molecular formula is C18H27BO2. The molecule has 1 aliphatic heterocycles. The minimum Gasteiger partial charge on any atom is -0.403 e. The number of rotatable bonds is 5. The highest BCUT2D eigenvalue weighted by Gasteiger charge is 2.52. The van der Waals surface area contributed by atoms with E-state index in [9.17, 15) is 0 Å². The highest BCUT2D eigenvalue weighted by molar-refractivity contribution is 6.48. The minimum absolute atomic E-state index is 0.157. The molecule has 1 saturated heterocycles. The number of allylic oxidation sites excluding steroid dienone is 2.